The van der Waals surface area contributed by atoms with Gasteiger partial charge in [-0.25, -0.2) is 4.79 Å². The molecule has 7 heteroatoms. The van der Waals surface area contributed by atoms with Crippen molar-refractivity contribution in [1.29, 1.82) is 0 Å². The average Bonchev–Trinajstić information content (AvgIpc) is 2.13. The summed E-state index contributed by atoms with van der Waals surface area (Å²) in [6, 6.07) is -0.459. The van der Waals surface area contributed by atoms with Crippen molar-refractivity contribution < 1.29 is 24.5 Å². The molecule has 2 amide bonds. The topological polar surface area (TPSA) is 108 Å². The Balaban J connectivity index is 3.59. The van der Waals surface area contributed by atoms with Crippen molar-refractivity contribution in [2.45, 2.75) is 45.5 Å². The van der Waals surface area contributed by atoms with Gasteiger partial charge in [0.25, 0.3) is 0 Å². The first kappa shape index (κ1) is 16.7. The maximum absolute atomic E-state index is 11.2. The number of rotatable bonds is 7. The summed E-state index contributed by atoms with van der Waals surface area (Å²) in [5.74, 6) is -0.968. The first-order valence-corrected chi connectivity index (χ1v) is 5.80. The zero-order valence-electron chi connectivity index (χ0n) is 11.0. The predicted octanol–water partition coefficient (Wildman–Crippen LogP) is 0.284. The van der Waals surface area contributed by atoms with Gasteiger partial charge in [-0.1, -0.05) is 0 Å². The van der Waals surface area contributed by atoms with Crippen molar-refractivity contribution in [2.24, 2.45) is 0 Å². The van der Waals surface area contributed by atoms with Crippen LogP contribution in [0.3, 0.4) is 0 Å². The fraction of sp³-hybridized carbons (Fsp3) is 0.818. The molecule has 0 heterocycles. The van der Waals surface area contributed by atoms with Gasteiger partial charge >= 0.3 is 12.0 Å². The number of aliphatic carboxylic acids is 1. The summed E-state index contributed by atoms with van der Waals surface area (Å²) in [4.78, 5) is 21.3. The number of aliphatic hydroxyl groups excluding tert-OH is 1. The van der Waals surface area contributed by atoms with Crippen LogP contribution in [0.25, 0.3) is 0 Å². The van der Waals surface area contributed by atoms with Crippen molar-refractivity contribution in [3.63, 3.8) is 0 Å². The number of urea groups is 1. The number of hydrogen-bond acceptors (Lipinski definition) is 4. The largest absolute Gasteiger partial charge is 0.481 e. The Hall–Kier alpha value is -1.34. The smallest absolute Gasteiger partial charge is 0.314 e. The Kier molecular flexibility index (Phi) is 7.30. The molecule has 7 nitrogen and oxygen atoms in total. The number of aliphatic hydroxyl groups is 1. The van der Waals surface area contributed by atoms with E-state index in [2.05, 4.69) is 10.6 Å². The first-order chi connectivity index (χ1) is 8.20. The molecule has 0 bridgehead atoms. The van der Waals surface area contributed by atoms with E-state index in [0.717, 1.165) is 0 Å². The van der Waals surface area contributed by atoms with Crippen molar-refractivity contribution in [3.05, 3.63) is 0 Å². The fourth-order valence-corrected chi connectivity index (χ4v) is 1.12. The minimum absolute atomic E-state index is 0.0716. The number of carboxylic acids is 1. The monoisotopic (exact) mass is 262 g/mol. The second-order valence-corrected chi connectivity index (χ2v) is 4.80. The molecule has 0 aliphatic heterocycles. The standard InChI is InChI=1S/C11H22N2O5/c1-11(2,3)18-9(16)5-7-13-10(17)12-6-4-8(14)15/h9,16H,4-7H2,1-3H3,(H,14,15)(H2,12,13,17). The van der Waals surface area contributed by atoms with Crippen LogP contribution in [0.1, 0.15) is 33.6 Å². The van der Waals surface area contributed by atoms with E-state index in [1.165, 1.54) is 0 Å². The predicted molar refractivity (Wildman–Crippen MR) is 65.1 cm³/mol. The number of nitrogens with one attached hydrogen (secondary N) is 2. The Morgan fingerprint density at radius 1 is 1.22 bits per heavy atom. The third-order valence-electron chi connectivity index (χ3n) is 1.79. The summed E-state index contributed by atoms with van der Waals surface area (Å²) < 4.78 is 5.24. The highest BCUT2D eigenvalue weighted by Crippen LogP contribution is 2.10. The molecule has 1 unspecified atom stereocenters. The van der Waals surface area contributed by atoms with Gasteiger partial charge in [0.05, 0.1) is 12.0 Å². The van der Waals surface area contributed by atoms with Crippen LogP contribution in [0.2, 0.25) is 0 Å². The van der Waals surface area contributed by atoms with Crippen LogP contribution >= 0.6 is 0 Å². The second-order valence-electron chi connectivity index (χ2n) is 4.80. The third-order valence-corrected chi connectivity index (χ3v) is 1.79. The van der Waals surface area contributed by atoms with Gasteiger partial charge in [0.15, 0.2) is 6.29 Å². The van der Waals surface area contributed by atoms with Crippen LogP contribution < -0.4 is 10.6 Å². The van der Waals surface area contributed by atoms with Gasteiger partial charge in [-0.2, -0.15) is 0 Å². The quantitative estimate of drug-likeness (QED) is 0.493. The highest BCUT2D eigenvalue weighted by Gasteiger charge is 2.16. The zero-order valence-corrected chi connectivity index (χ0v) is 11.0. The van der Waals surface area contributed by atoms with Crippen LogP contribution in [0.5, 0.6) is 0 Å². The lowest BCUT2D eigenvalue weighted by Gasteiger charge is -2.23. The zero-order chi connectivity index (χ0) is 14.2. The Bertz CT molecular complexity index is 275. The number of carbonyl (C=O) groups is 2. The molecule has 106 valence electrons. The molecule has 1 atom stereocenters. The van der Waals surface area contributed by atoms with Crippen LogP contribution in [0.4, 0.5) is 4.79 Å². The van der Waals surface area contributed by atoms with Gasteiger partial charge in [0, 0.05) is 19.5 Å². The highest BCUT2D eigenvalue weighted by molar-refractivity contribution is 5.74. The normalized spacial score (nSPS) is 12.9. The van der Waals surface area contributed by atoms with Gasteiger partial charge in [-0.05, 0) is 20.8 Å². The number of amides is 2. The Morgan fingerprint density at radius 2 is 1.78 bits per heavy atom. The molecule has 0 aromatic carbocycles. The van der Waals surface area contributed by atoms with E-state index in [-0.39, 0.29) is 25.9 Å². The molecule has 0 aromatic rings. The molecular weight excluding hydrogens is 240 g/mol. The summed E-state index contributed by atoms with van der Waals surface area (Å²) in [5, 5.41) is 22.7. The second kappa shape index (κ2) is 7.88. The molecule has 0 saturated heterocycles. The van der Waals surface area contributed by atoms with Crippen molar-refractivity contribution >= 4 is 12.0 Å². The van der Waals surface area contributed by atoms with Gasteiger partial charge < -0.3 is 25.6 Å². The molecule has 0 aliphatic rings. The Labute approximate surface area is 107 Å². The number of carboxylic acid groups (broad SMARTS) is 1. The summed E-state index contributed by atoms with van der Waals surface area (Å²) >= 11 is 0. The molecule has 0 spiro atoms. The van der Waals surface area contributed by atoms with Crippen LogP contribution in [-0.4, -0.2) is 47.2 Å². The number of carbonyl (C=O) groups excluding carboxylic acids is 1. The van der Waals surface area contributed by atoms with Gasteiger partial charge in [0.2, 0.25) is 0 Å². The first-order valence-electron chi connectivity index (χ1n) is 5.80. The summed E-state index contributed by atoms with van der Waals surface area (Å²) in [6.07, 6.45) is -0.795. The van der Waals surface area contributed by atoms with E-state index in [1.807, 2.05) is 20.8 Å². The molecule has 4 N–H and O–H groups in total. The van der Waals surface area contributed by atoms with E-state index in [9.17, 15) is 14.7 Å². The van der Waals surface area contributed by atoms with E-state index in [0.29, 0.717) is 0 Å². The van der Waals surface area contributed by atoms with Crippen molar-refractivity contribution in [3.8, 4) is 0 Å². The highest BCUT2D eigenvalue weighted by atomic mass is 16.6. The average molecular weight is 262 g/mol. The molecule has 18 heavy (non-hydrogen) atoms. The van der Waals surface area contributed by atoms with Gasteiger partial charge in [-0.3, -0.25) is 4.79 Å². The lowest BCUT2D eigenvalue weighted by Crippen LogP contribution is -2.38. The van der Waals surface area contributed by atoms with E-state index >= 15 is 0 Å². The molecule has 0 aromatic heterocycles. The maximum Gasteiger partial charge on any atom is 0.314 e. The minimum Gasteiger partial charge on any atom is -0.481 e. The molecule has 0 fully saturated rings. The van der Waals surface area contributed by atoms with Crippen LogP contribution in [0, 0.1) is 0 Å². The van der Waals surface area contributed by atoms with Crippen LogP contribution in [0.15, 0.2) is 0 Å². The molecule has 0 radical (unpaired) electrons. The molecular formula is C11H22N2O5. The van der Waals surface area contributed by atoms with Gasteiger partial charge in [0.1, 0.15) is 0 Å². The van der Waals surface area contributed by atoms with Gasteiger partial charge in [-0.15, -0.1) is 0 Å². The molecule has 0 rings (SSSR count). The molecule has 0 aliphatic carbocycles. The lowest BCUT2D eigenvalue weighted by atomic mass is 10.2. The number of hydrogen-bond donors (Lipinski definition) is 4. The van der Waals surface area contributed by atoms with E-state index in [1.54, 1.807) is 0 Å². The van der Waals surface area contributed by atoms with Crippen molar-refractivity contribution in [2.75, 3.05) is 13.1 Å². The third kappa shape index (κ3) is 11.2. The van der Waals surface area contributed by atoms with E-state index < -0.39 is 23.9 Å². The molecule has 0 saturated carbocycles. The van der Waals surface area contributed by atoms with E-state index in [4.69, 9.17) is 9.84 Å². The van der Waals surface area contributed by atoms with Crippen LogP contribution in [-0.2, 0) is 9.53 Å². The summed E-state index contributed by atoms with van der Waals surface area (Å²) in [6.45, 7) is 5.78. The minimum atomic E-state index is -0.968. The van der Waals surface area contributed by atoms with Crippen molar-refractivity contribution in [1.82, 2.24) is 10.6 Å². The SMILES string of the molecule is CC(C)(C)OC(O)CCNC(=O)NCCC(=O)O. The lowest BCUT2D eigenvalue weighted by molar-refractivity contribution is -0.167. The summed E-state index contributed by atoms with van der Waals surface area (Å²) in [7, 11) is 0. The fourth-order valence-electron chi connectivity index (χ4n) is 1.12. The summed E-state index contributed by atoms with van der Waals surface area (Å²) in [5.41, 5.74) is -0.441. The number of ether oxygens (including phenoxy) is 1. The Morgan fingerprint density at radius 3 is 2.28 bits per heavy atom. The maximum atomic E-state index is 11.2.